The zero-order valence-corrected chi connectivity index (χ0v) is 24.0. The molecule has 10 nitrogen and oxygen atoms in total. The van der Waals surface area contributed by atoms with Crippen LogP contribution in [-0.2, 0) is 27.4 Å². The number of rotatable bonds is 14. The Morgan fingerprint density at radius 2 is 1.93 bits per heavy atom. The summed E-state index contributed by atoms with van der Waals surface area (Å²) in [5.74, 6) is 0.000883. The number of nitrogens with one attached hydrogen (secondary N) is 5. The Balaban J connectivity index is 1.09. The van der Waals surface area contributed by atoms with Crippen molar-refractivity contribution in [3.63, 3.8) is 0 Å². The molecule has 1 aromatic heterocycles. The minimum atomic E-state index is -0.488. The van der Waals surface area contributed by atoms with E-state index in [9.17, 15) is 14.0 Å². The average Bonchev–Trinajstić information content (AvgIpc) is 3.39. The van der Waals surface area contributed by atoms with E-state index >= 15 is 0 Å². The summed E-state index contributed by atoms with van der Waals surface area (Å²) in [7, 11) is 1.78. The number of amides is 2. The van der Waals surface area contributed by atoms with Crippen LogP contribution in [0.25, 0.3) is 22.2 Å². The van der Waals surface area contributed by atoms with Gasteiger partial charge in [-0.05, 0) is 55.8 Å². The predicted molar refractivity (Wildman–Crippen MR) is 162 cm³/mol. The molecular formula is C32H36FN5O5. The zero-order chi connectivity index (χ0) is 30.0. The lowest BCUT2D eigenvalue weighted by Crippen LogP contribution is -2.41. The third-order valence-electron chi connectivity index (χ3n) is 7.10. The van der Waals surface area contributed by atoms with Crippen LogP contribution in [0, 0.1) is 5.82 Å². The standard InChI is InChI=1S/C32H36FN5O5/c1-34-20-41-18-23(8-5-13-35-32(40)43-17-21-6-3-2-4-7-21)37-30(39)19-42-24-10-11-25-29(15-24)36-16-27-26-14-22(33)9-12-28(26)38-31(25)27/h2-4,6-7,9-12,14-15,23,34,36,38H,5,8,13,16-20H2,1H3,(H,35,40)(H,37,39). The Bertz CT molecular complexity index is 1540. The number of carbonyl (C=O) groups is 2. The number of hydrogen-bond acceptors (Lipinski definition) is 7. The molecule has 2 heterocycles. The second-order valence-corrected chi connectivity index (χ2v) is 10.3. The van der Waals surface area contributed by atoms with Crippen LogP contribution in [0.5, 0.6) is 5.75 Å². The largest absolute Gasteiger partial charge is 0.484 e. The molecule has 2 amide bonds. The number of anilines is 1. The van der Waals surface area contributed by atoms with Gasteiger partial charge < -0.3 is 35.1 Å². The predicted octanol–water partition coefficient (Wildman–Crippen LogP) is 4.66. The number of fused-ring (bicyclic) bond motifs is 5. The first-order valence-electron chi connectivity index (χ1n) is 14.3. The molecule has 1 atom stereocenters. The molecule has 0 bridgehead atoms. The van der Waals surface area contributed by atoms with Crippen molar-refractivity contribution in [2.45, 2.75) is 32.0 Å². The SMILES string of the molecule is CNCOCC(CCCNC(=O)OCc1ccccc1)NC(=O)COc1ccc2c(c1)NCc1c-2[nH]c2ccc(F)cc12. The average molecular weight is 590 g/mol. The van der Waals surface area contributed by atoms with E-state index in [1.165, 1.54) is 6.07 Å². The molecule has 0 aliphatic carbocycles. The van der Waals surface area contributed by atoms with Gasteiger partial charge in [0, 0.05) is 46.9 Å². The van der Waals surface area contributed by atoms with Crippen molar-refractivity contribution in [2.75, 3.05) is 38.9 Å². The highest BCUT2D eigenvalue weighted by Gasteiger charge is 2.21. The molecule has 5 rings (SSSR count). The minimum Gasteiger partial charge on any atom is -0.484 e. The highest BCUT2D eigenvalue weighted by Crippen LogP contribution is 2.40. The lowest BCUT2D eigenvalue weighted by atomic mass is 9.99. The van der Waals surface area contributed by atoms with Crippen molar-refractivity contribution in [1.29, 1.82) is 0 Å². The molecule has 5 N–H and O–H groups in total. The normalized spacial score (nSPS) is 12.5. The first-order valence-corrected chi connectivity index (χ1v) is 14.3. The highest BCUT2D eigenvalue weighted by molar-refractivity contribution is 5.95. The van der Waals surface area contributed by atoms with Crippen molar-refractivity contribution < 1.29 is 28.2 Å². The summed E-state index contributed by atoms with van der Waals surface area (Å²) in [5.41, 5.74) is 5.57. The maximum absolute atomic E-state index is 13.8. The van der Waals surface area contributed by atoms with E-state index in [0.29, 0.717) is 45.0 Å². The monoisotopic (exact) mass is 589 g/mol. The summed E-state index contributed by atoms with van der Waals surface area (Å²) in [4.78, 5) is 28.1. The summed E-state index contributed by atoms with van der Waals surface area (Å²) < 4.78 is 30.4. The molecular weight excluding hydrogens is 553 g/mol. The van der Waals surface area contributed by atoms with Gasteiger partial charge >= 0.3 is 6.09 Å². The third-order valence-corrected chi connectivity index (χ3v) is 7.10. The van der Waals surface area contributed by atoms with Crippen molar-refractivity contribution in [2.24, 2.45) is 0 Å². The quantitative estimate of drug-likeness (QED) is 0.107. The summed E-state index contributed by atoms with van der Waals surface area (Å²) in [5, 5.41) is 12.9. The van der Waals surface area contributed by atoms with Gasteiger partial charge in [-0.1, -0.05) is 30.3 Å². The first kappa shape index (κ1) is 29.9. The molecule has 43 heavy (non-hydrogen) atoms. The van der Waals surface area contributed by atoms with Crippen LogP contribution < -0.4 is 26.0 Å². The maximum Gasteiger partial charge on any atom is 0.407 e. The van der Waals surface area contributed by atoms with Crippen LogP contribution in [0.15, 0.2) is 66.7 Å². The van der Waals surface area contributed by atoms with Gasteiger partial charge in [-0.15, -0.1) is 0 Å². The molecule has 11 heteroatoms. The van der Waals surface area contributed by atoms with Gasteiger partial charge in [0.15, 0.2) is 6.61 Å². The minimum absolute atomic E-state index is 0.164. The number of hydrogen-bond donors (Lipinski definition) is 5. The molecule has 1 aliphatic rings. The van der Waals surface area contributed by atoms with E-state index in [1.807, 2.05) is 48.5 Å². The van der Waals surface area contributed by atoms with Crippen molar-refractivity contribution in [3.8, 4) is 17.0 Å². The molecule has 1 aliphatic heterocycles. The van der Waals surface area contributed by atoms with E-state index in [2.05, 4.69) is 26.3 Å². The van der Waals surface area contributed by atoms with E-state index in [4.69, 9.17) is 14.2 Å². The lowest BCUT2D eigenvalue weighted by Gasteiger charge is -2.21. The highest BCUT2D eigenvalue weighted by atomic mass is 19.1. The Kier molecular flexibility index (Phi) is 10.1. The molecule has 226 valence electrons. The lowest BCUT2D eigenvalue weighted by molar-refractivity contribution is -0.124. The Morgan fingerprint density at radius 1 is 1.07 bits per heavy atom. The fourth-order valence-electron chi connectivity index (χ4n) is 5.03. The van der Waals surface area contributed by atoms with Crippen LogP contribution in [0.2, 0.25) is 0 Å². The number of carbonyl (C=O) groups excluding carboxylic acids is 2. The van der Waals surface area contributed by atoms with Crippen molar-refractivity contribution >= 4 is 28.6 Å². The number of ether oxygens (including phenoxy) is 3. The van der Waals surface area contributed by atoms with Gasteiger partial charge in [-0.3, -0.25) is 10.1 Å². The Morgan fingerprint density at radius 3 is 2.77 bits per heavy atom. The number of H-pyrrole nitrogens is 1. The molecule has 0 spiro atoms. The summed E-state index contributed by atoms with van der Waals surface area (Å²) in [6, 6.07) is 19.5. The first-order chi connectivity index (χ1) is 21.0. The van der Waals surface area contributed by atoms with Crippen LogP contribution in [-0.4, -0.2) is 56.6 Å². The smallest absolute Gasteiger partial charge is 0.407 e. The van der Waals surface area contributed by atoms with E-state index in [-0.39, 0.29) is 31.0 Å². The molecule has 3 aromatic carbocycles. The summed E-state index contributed by atoms with van der Waals surface area (Å²) >= 11 is 0. The third kappa shape index (κ3) is 8.02. The molecule has 0 saturated heterocycles. The van der Waals surface area contributed by atoms with Crippen LogP contribution in [0.4, 0.5) is 14.9 Å². The molecule has 0 radical (unpaired) electrons. The second-order valence-electron chi connectivity index (χ2n) is 10.3. The maximum atomic E-state index is 13.8. The van der Waals surface area contributed by atoms with Gasteiger partial charge in [0.1, 0.15) is 18.2 Å². The number of alkyl carbamates (subject to hydrolysis) is 1. The van der Waals surface area contributed by atoms with Gasteiger partial charge in [0.25, 0.3) is 5.91 Å². The summed E-state index contributed by atoms with van der Waals surface area (Å²) in [6.45, 7) is 1.64. The molecule has 0 fully saturated rings. The van der Waals surface area contributed by atoms with Crippen LogP contribution in [0.1, 0.15) is 24.0 Å². The number of aromatic nitrogens is 1. The van der Waals surface area contributed by atoms with E-state index in [0.717, 1.165) is 39.0 Å². The van der Waals surface area contributed by atoms with E-state index in [1.54, 1.807) is 19.2 Å². The van der Waals surface area contributed by atoms with E-state index < -0.39 is 6.09 Å². The van der Waals surface area contributed by atoms with Gasteiger partial charge in [0.05, 0.1) is 25.1 Å². The molecule has 0 saturated carbocycles. The second kappa shape index (κ2) is 14.5. The van der Waals surface area contributed by atoms with Crippen LogP contribution in [0.3, 0.4) is 0 Å². The van der Waals surface area contributed by atoms with Gasteiger partial charge in [-0.2, -0.15) is 0 Å². The molecule has 1 unspecified atom stereocenters. The topological polar surface area (TPSA) is 126 Å². The number of halogens is 1. The van der Waals surface area contributed by atoms with Crippen LogP contribution >= 0.6 is 0 Å². The fourth-order valence-corrected chi connectivity index (χ4v) is 5.03. The fraction of sp³-hybridized carbons (Fsp3) is 0.312. The Hall–Kier alpha value is -4.61. The number of aromatic amines is 1. The van der Waals surface area contributed by atoms with Gasteiger partial charge in [-0.25, -0.2) is 9.18 Å². The summed E-state index contributed by atoms with van der Waals surface area (Å²) in [6.07, 6.45) is 0.723. The van der Waals surface area contributed by atoms with Crippen molar-refractivity contribution in [3.05, 3.63) is 83.7 Å². The van der Waals surface area contributed by atoms with Gasteiger partial charge in [0.2, 0.25) is 0 Å². The zero-order valence-electron chi connectivity index (χ0n) is 24.0. The molecule has 4 aromatic rings. The Labute approximate surface area is 249 Å². The number of benzene rings is 3. The van der Waals surface area contributed by atoms with Crippen molar-refractivity contribution in [1.82, 2.24) is 20.9 Å².